The van der Waals surface area contributed by atoms with Crippen molar-refractivity contribution in [1.29, 1.82) is 0 Å². The SMILES string of the molecule is CN(C)C1=CCC(=[N+]=[N-])C=C1.[Zn]. The van der Waals surface area contributed by atoms with Crippen molar-refractivity contribution in [3.05, 3.63) is 29.5 Å². The van der Waals surface area contributed by atoms with Crippen LogP contribution in [-0.2, 0) is 19.5 Å². The molecule has 0 bridgehead atoms. The van der Waals surface area contributed by atoms with E-state index in [1.54, 1.807) is 0 Å². The van der Waals surface area contributed by atoms with Gasteiger partial charge in [0.15, 0.2) is 0 Å². The Balaban J connectivity index is 0.00000121. The molecular weight excluding hydrogens is 203 g/mol. The molecule has 3 nitrogen and oxygen atoms in total. The van der Waals surface area contributed by atoms with E-state index in [0.717, 1.165) is 5.70 Å². The Hall–Kier alpha value is -0.717. The Bertz CT molecular complexity index is 259. The third kappa shape index (κ3) is 2.73. The van der Waals surface area contributed by atoms with Crippen LogP contribution in [0.25, 0.3) is 5.53 Å². The zero-order valence-corrected chi connectivity index (χ0v) is 10.5. The van der Waals surface area contributed by atoms with E-state index < -0.39 is 0 Å². The van der Waals surface area contributed by atoms with Crippen LogP contribution in [0.15, 0.2) is 23.9 Å². The number of nitrogens with zero attached hydrogens (tertiary/aromatic N) is 3. The van der Waals surface area contributed by atoms with E-state index in [9.17, 15) is 0 Å². The first-order valence-electron chi connectivity index (χ1n) is 3.50. The van der Waals surface area contributed by atoms with Crippen molar-refractivity contribution in [3.8, 4) is 0 Å². The number of hydrogen-bond donors (Lipinski definition) is 0. The summed E-state index contributed by atoms with van der Waals surface area (Å²) in [6.07, 6.45) is 6.48. The van der Waals surface area contributed by atoms with E-state index in [4.69, 9.17) is 5.53 Å². The van der Waals surface area contributed by atoms with Crippen LogP contribution in [0, 0.1) is 0 Å². The average Bonchev–Trinajstić information content (AvgIpc) is 2.05. The van der Waals surface area contributed by atoms with Gasteiger partial charge >= 0.3 is 0 Å². The fourth-order valence-electron chi connectivity index (χ4n) is 0.933. The number of likely N-dealkylation sites (N-methyl/N-ethyl adjacent to an activating group) is 1. The second-order valence-electron chi connectivity index (χ2n) is 2.65. The average molecular weight is 215 g/mol. The predicted molar refractivity (Wildman–Crippen MR) is 44.2 cm³/mol. The van der Waals surface area contributed by atoms with Crippen molar-refractivity contribution in [2.45, 2.75) is 6.42 Å². The molecule has 0 aromatic heterocycles. The Kier molecular flexibility index (Phi) is 4.72. The molecule has 0 saturated carbocycles. The summed E-state index contributed by atoms with van der Waals surface area (Å²) in [5, 5.41) is 0. The van der Waals surface area contributed by atoms with Crippen molar-refractivity contribution in [2.75, 3.05) is 14.1 Å². The van der Waals surface area contributed by atoms with Gasteiger partial charge in [-0.05, 0) is 12.2 Å². The minimum Gasteiger partial charge on any atom is -0.378 e. The summed E-state index contributed by atoms with van der Waals surface area (Å²) in [5.74, 6) is 0. The first-order valence-corrected chi connectivity index (χ1v) is 3.50. The Morgan fingerprint density at radius 3 is 2.42 bits per heavy atom. The van der Waals surface area contributed by atoms with Gasteiger partial charge in [-0.3, -0.25) is 0 Å². The van der Waals surface area contributed by atoms with Gasteiger partial charge in [0, 0.05) is 45.3 Å². The fourth-order valence-corrected chi connectivity index (χ4v) is 0.933. The summed E-state index contributed by atoms with van der Waals surface area (Å²) >= 11 is 0. The van der Waals surface area contributed by atoms with Crippen molar-refractivity contribution < 1.29 is 24.3 Å². The number of hydrogen-bond acceptors (Lipinski definition) is 1. The summed E-state index contributed by atoms with van der Waals surface area (Å²) < 4.78 is 0. The van der Waals surface area contributed by atoms with Gasteiger partial charge in [-0.2, -0.15) is 4.79 Å². The summed E-state index contributed by atoms with van der Waals surface area (Å²) in [5.41, 5.74) is 10.3. The molecule has 0 radical (unpaired) electrons. The molecule has 1 rings (SSSR count). The first-order chi connectivity index (χ1) is 5.24. The second kappa shape index (κ2) is 5.02. The zero-order chi connectivity index (χ0) is 8.27. The molecule has 0 aromatic rings. The molecule has 1 aliphatic rings. The predicted octanol–water partition coefficient (Wildman–Crippen LogP) is 1.06. The van der Waals surface area contributed by atoms with Gasteiger partial charge in [0.25, 0.3) is 5.71 Å². The molecule has 0 N–H and O–H groups in total. The molecule has 1 aliphatic carbocycles. The van der Waals surface area contributed by atoms with E-state index in [-0.39, 0.29) is 19.5 Å². The molecule has 0 saturated heterocycles. The van der Waals surface area contributed by atoms with E-state index in [2.05, 4.69) is 4.79 Å². The first kappa shape index (κ1) is 11.3. The van der Waals surface area contributed by atoms with Gasteiger partial charge in [0.05, 0.1) is 6.42 Å². The van der Waals surface area contributed by atoms with Gasteiger partial charge in [0.2, 0.25) is 0 Å². The van der Waals surface area contributed by atoms with Gasteiger partial charge < -0.3 is 10.4 Å². The monoisotopic (exact) mass is 213 g/mol. The van der Waals surface area contributed by atoms with Crippen molar-refractivity contribution in [2.24, 2.45) is 0 Å². The van der Waals surface area contributed by atoms with Crippen molar-refractivity contribution in [3.63, 3.8) is 0 Å². The molecule has 60 valence electrons. The van der Waals surface area contributed by atoms with Crippen molar-refractivity contribution in [1.82, 2.24) is 4.90 Å². The normalized spacial score (nSPS) is 14.5. The Morgan fingerprint density at radius 1 is 1.42 bits per heavy atom. The molecule has 0 amide bonds. The van der Waals surface area contributed by atoms with E-state index >= 15 is 0 Å². The Morgan fingerprint density at radius 2 is 2.08 bits per heavy atom. The zero-order valence-electron chi connectivity index (χ0n) is 7.49. The maximum absolute atomic E-state index is 8.41. The number of allylic oxidation sites excluding steroid dienone is 3. The third-order valence-electron chi connectivity index (χ3n) is 1.61. The van der Waals surface area contributed by atoms with Crippen LogP contribution in [0.5, 0.6) is 0 Å². The third-order valence-corrected chi connectivity index (χ3v) is 1.61. The number of rotatable bonds is 1. The molecule has 12 heavy (non-hydrogen) atoms. The van der Waals surface area contributed by atoms with Crippen LogP contribution in [0.3, 0.4) is 0 Å². The molecule has 0 unspecified atom stereocenters. The summed E-state index contributed by atoms with van der Waals surface area (Å²) in [6, 6.07) is 0. The molecule has 0 fully saturated rings. The molecule has 0 atom stereocenters. The van der Waals surface area contributed by atoms with Crippen LogP contribution < -0.4 is 0 Å². The maximum Gasteiger partial charge on any atom is 0.295 e. The molecule has 4 heteroatoms. The topological polar surface area (TPSA) is 39.6 Å². The standard InChI is InChI=1S/C8H11N3.Zn/c1-11(2)8-5-3-7(10-9)4-6-8;/h3,5-6H,4H2,1-2H3;. The summed E-state index contributed by atoms with van der Waals surface area (Å²) in [7, 11) is 3.97. The molecule has 0 aliphatic heterocycles. The minimum absolute atomic E-state index is 0. The van der Waals surface area contributed by atoms with E-state index in [0.29, 0.717) is 12.1 Å². The van der Waals surface area contributed by atoms with Crippen LogP contribution in [-0.4, -0.2) is 29.5 Å². The summed E-state index contributed by atoms with van der Waals surface area (Å²) in [4.78, 5) is 5.13. The molecular formula is C8H11N3Zn. The van der Waals surface area contributed by atoms with Crippen LogP contribution in [0.1, 0.15) is 6.42 Å². The van der Waals surface area contributed by atoms with Gasteiger partial charge in [-0.15, -0.1) is 0 Å². The van der Waals surface area contributed by atoms with Crippen LogP contribution in [0.4, 0.5) is 0 Å². The van der Waals surface area contributed by atoms with E-state index in [1.165, 1.54) is 0 Å². The summed E-state index contributed by atoms with van der Waals surface area (Å²) in [6.45, 7) is 0. The van der Waals surface area contributed by atoms with Crippen LogP contribution in [0.2, 0.25) is 0 Å². The molecule has 0 spiro atoms. The fraction of sp³-hybridized carbons (Fsp3) is 0.375. The van der Waals surface area contributed by atoms with Gasteiger partial charge in [-0.25, -0.2) is 0 Å². The van der Waals surface area contributed by atoms with Crippen molar-refractivity contribution >= 4 is 5.71 Å². The minimum atomic E-state index is 0. The van der Waals surface area contributed by atoms with Gasteiger partial charge in [0.1, 0.15) is 0 Å². The van der Waals surface area contributed by atoms with Gasteiger partial charge in [-0.1, -0.05) is 0 Å². The quantitative estimate of drug-likeness (QED) is 0.366. The van der Waals surface area contributed by atoms with E-state index in [1.807, 2.05) is 37.2 Å². The molecule has 0 heterocycles. The Labute approximate surface area is 85.1 Å². The van der Waals surface area contributed by atoms with Crippen LogP contribution >= 0.6 is 0 Å². The second-order valence-corrected chi connectivity index (χ2v) is 2.65. The smallest absolute Gasteiger partial charge is 0.295 e. The maximum atomic E-state index is 8.41. The molecule has 0 aromatic carbocycles. The largest absolute Gasteiger partial charge is 0.378 e.